The largest absolute Gasteiger partial charge is 0.467 e. The Labute approximate surface area is 160 Å². The molecule has 8 heteroatoms. The molecule has 0 aliphatic carbocycles. The predicted molar refractivity (Wildman–Crippen MR) is 105 cm³/mol. The zero-order chi connectivity index (χ0) is 18.5. The second kappa shape index (κ2) is 8.37. The topological polar surface area (TPSA) is 80.0 Å². The van der Waals surface area contributed by atoms with Crippen molar-refractivity contribution in [3.63, 3.8) is 0 Å². The van der Waals surface area contributed by atoms with Gasteiger partial charge in [-0.15, -0.1) is 10.2 Å². The maximum Gasteiger partial charge on any atom is 0.233 e. The SMILES string of the molecule is Cc1ccc(Nc2nnc(S[C@H](C)C(=O)NCc3ccco3)s2)cc1C. The Morgan fingerprint density at radius 1 is 1.27 bits per heavy atom. The van der Waals surface area contributed by atoms with Crippen molar-refractivity contribution in [1.29, 1.82) is 0 Å². The van der Waals surface area contributed by atoms with Gasteiger partial charge in [0.25, 0.3) is 0 Å². The number of nitrogens with zero attached hydrogens (tertiary/aromatic N) is 2. The number of furan rings is 1. The highest BCUT2D eigenvalue weighted by Gasteiger charge is 2.17. The summed E-state index contributed by atoms with van der Waals surface area (Å²) in [7, 11) is 0. The van der Waals surface area contributed by atoms with Crippen LogP contribution in [-0.2, 0) is 11.3 Å². The predicted octanol–water partition coefficient (Wildman–Crippen LogP) is 4.29. The molecule has 1 aromatic carbocycles. The van der Waals surface area contributed by atoms with E-state index in [1.165, 1.54) is 34.2 Å². The maximum atomic E-state index is 12.2. The van der Waals surface area contributed by atoms with Gasteiger partial charge < -0.3 is 15.1 Å². The second-order valence-corrected chi connectivity index (χ2v) is 8.42. The molecule has 0 aliphatic rings. The highest BCUT2D eigenvalue weighted by Crippen LogP contribution is 2.30. The molecule has 0 fully saturated rings. The third-order valence-electron chi connectivity index (χ3n) is 3.83. The van der Waals surface area contributed by atoms with Gasteiger partial charge in [-0.3, -0.25) is 4.79 Å². The number of hydrogen-bond donors (Lipinski definition) is 2. The Morgan fingerprint density at radius 2 is 2.12 bits per heavy atom. The number of nitrogens with one attached hydrogen (secondary N) is 2. The molecule has 2 N–H and O–H groups in total. The van der Waals surface area contributed by atoms with Crippen molar-refractivity contribution in [3.8, 4) is 0 Å². The van der Waals surface area contributed by atoms with E-state index < -0.39 is 0 Å². The third-order valence-corrected chi connectivity index (χ3v) is 5.85. The minimum Gasteiger partial charge on any atom is -0.467 e. The summed E-state index contributed by atoms with van der Waals surface area (Å²) in [6, 6.07) is 9.79. The molecule has 136 valence electrons. The van der Waals surface area contributed by atoms with Crippen LogP contribution >= 0.6 is 23.1 Å². The van der Waals surface area contributed by atoms with Crippen LogP contribution in [0.25, 0.3) is 0 Å². The first-order chi connectivity index (χ1) is 12.5. The number of hydrogen-bond acceptors (Lipinski definition) is 7. The Kier molecular flexibility index (Phi) is 5.95. The summed E-state index contributed by atoms with van der Waals surface area (Å²) in [6.07, 6.45) is 1.59. The number of amides is 1. The fourth-order valence-corrected chi connectivity index (χ4v) is 4.13. The van der Waals surface area contributed by atoms with E-state index in [0.29, 0.717) is 11.7 Å². The molecule has 2 aromatic heterocycles. The number of benzene rings is 1. The second-order valence-electron chi connectivity index (χ2n) is 5.85. The lowest BCUT2D eigenvalue weighted by Crippen LogP contribution is -2.30. The number of carbonyl (C=O) groups excluding carboxylic acids is 1. The summed E-state index contributed by atoms with van der Waals surface area (Å²) in [5.41, 5.74) is 3.44. The fraction of sp³-hybridized carbons (Fsp3) is 0.278. The quantitative estimate of drug-likeness (QED) is 0.588. The fourth-order valence-electron chi connectivity index (χ4n) is 2.19. The van der Waals surface area contributed by atoms with Crippen molar-refractivity contribution in [2.45, 2.75) is 36.9 Å². The van der Waals surface area contributed by atoms with E-state index in [4.69, 9.17) is 4.42 Å². The number of rotatable bonds is 7. The maximum absolute atomic E-state index is 12.2. The van der Waals surface area contributed by atoms with Crippen LogP contribution in [0.3, 0.4) is 0 Å². The van der Waals surface area contributed by atoms with Gasteiger partial charge in [0.2, 0.25) is 11.0 Å². The molecule has 0 spiro atoms. The lowest BCUT2D eigenvalue weighted by atomic mass is 10.1. The van der Waals surface area contributed by atoms with Crippen LogP contribution in [0.4, 0.5) is 10.8 Å². The van der Waals surface area contributed by atoms with Gasteiger partial charge in [0, 0.05) is 5.69 Å². The standard InChI is InChI=1S/C18H20N4O2S2/c1-11-6-7-14(9-12(11)2)20-17-21-22-18(26-17)25-13(3)16(23)19-10-15-5-4-8-24-15/h4-9,13H,10H2,1-3H3,(H,19,23)(H,20,21)/t13-/m1/s1. The van der Waals surface area contributed by atoms with Gasteiger partial charge in [-0.05, 0) is 56.2 Å². The molecule has 26 heavy (non-hydrogen) atoms. The van der Waals surface area contributed by atoms with E-state index >= 15 is 0 Å². The Morgan fingerprint density at radius 3 is 2.85 bits per heavy atom. The zero-order valence-electron chi connectivity index (χ0n) is 14.8. The molecule has 1 amide bonds. The Balaban J connectivity index is 1.53. The van der Waals surface area contributed by atoms with Crippen LogP contribution in [0, 0.1) is 13.8 Å². The van der Waals surface area contributed by atoms with Gasteiger partial charge in [0.05, 0.1) is 18.1 Å². The van der Waals surface area contributed by atoms with Crippen molar-refractivity contribution in [3.05, 3.63) is 53.5 Å². The Hall–Kier alpha value is -2.32. The van der Waals surface area contributed by atoms with Gasteiger partial charge in [-0.1, -0.05) is 29.2 Å². The Bertz CT molecular complexity index is 877. The van der Waals surface area contributed by atoms with E-state index in [1.54, 1.807) is 12.3 Å². The van der Waals surface area contributed by atoms with E-state index in [9.17, 15) is 4.79 Å². The van der Waals surface area contributed by atoms with Crippen LogP contribution in [0.1, 0.15) is 23.8 Å². The summed E-state index contributed by atoms with van der Waals surface area (Å²) in [6.45, 7) is 6.38. The molecule has 0 aliphatic heterocycles. The molecule has 0 bridgehead atoms. The first-order valence-electron chi connectivity index (χ1n) is 8.16. The molecule has 2 heterocycles. The minimum atomic E-state index is -0.271. The van der Waals surface area contributed by atoms with Crippen molar-refractivity contribution >= 4 is 39.8 Å². The molecular formula is C18H20N4O2S2. The first kappa shape index (κ1) is 18.5. The number of anilines is 2. The highest BCUT2D eigenvalue weighted by molar-refractivity contribution is 8.02. The van der Waals surface area contributed by atoms with Crippen LogP contribution < -0.4 is 10.6 Å². The molecule has 0 saturated heterocycles. The zero-order valence-corrected chi connectivity index (χ0v) is 16.4. The highest BCUT2D eigenvalue weighted by atomic mass is 32.2. The van der Waals surface area contributed by atoms with Gasteiger partial charge in [-0.25, -0.2) is 0 Å². The molecule has 3 aromatic rings. The van der Waals surface area contributed by atoms with Crippen molar-refractivity contribution in [2.24, 2.45) is 0 Å². The molecular weight excluding hydrogens is 368 g/mol. The van der Waals surface area contributed by atoms with E-state index in [2.05, 4.69) is 46.8 Å². The molecule has 0 saturated carbocycles. The van der Waals surface area contributed by atoms with Crippen molar-refractivity contribution < 1.29 is 9.21 Å². The van der Waals surface area contributed by atoms with Crippen LogP contribution in [0.2, 0.25) is 0 Å². The summed E-state index contributed by atoms with van der Waals surface area (Å²) < 4.78 is 5.95. The molecule has 6 nitrogen and oxygen atoms in total. The van der Waals surface area contributed by atoms with E-state index in [1.807, 2.05) is 19.1 Å². The van der Waals surface area contributed by atoms with Gasteiger partial charge in [0.1, 0.15) is 5.76 Å². The summed E-state index contributed by atoms with van der Waals surface area (Å²) in [5, 5.41) is 14.9. The molecule has 1 atom stereocenters. The van der Waals surface area contributed by atoms with Gasteiger partial charge in [-0.2, -0.15) is 0 Å². The summed E-state index contributed by atoms with van der Waals surface area (Å²) in [4.78, 5) is 12.2. The number of aryl methyl sites for hydroxylation is 2. The number of thioether (sulfide) groups is 1. The smallest absolute Gasteiger partial charge is 0.233 e. The van der Waals surface area contributed by atoms with E-state index in [-0.39, 0.29) is 11.2 Å². The van der Waals surface area contributed by atoms with Crippen molar-refractivity contribution in [1.82, 2.24) is 15.5 Å². The first-order valence-corrected chi connectivity index (χ1v) is 9.85. The number of carbonyl (C=O) groups is 1. The van der Waals surface area contributed by atoms with Gasteiger partial charge >= 0.3 is 0 Å². The summed E-state index contributed by atoms with van der Waals surface area (Å²) >= 11 is 2.82. The van der Waals surface area contributed by atoms with Crippen molar-refractivity contribution in [2.75, 3.05) is 5.32 Å². The average molecular weight is 389 g/mol. The molecule has 0 unspecified atom stereocenters. The minimum absolute atomic E-state index is 0.0646. The summed E-state index contributed by atoms with van der Waals surface area (Å²) in [5.74, 6) is 0.664. The third kappa shape index (κ3) is 4.86. The number of aromatic nitrogens is 2. The van der Waals surface area contributed by atoms with Crippen LogP contribution in [0.5, 0.6) is 0 Å². The molecule has 3 rings (SSSR count). The monoisotopic (exact) mass is 388 g/mol. The van der Waals surface area contributed by atoms with Gasteiger partial charge in [0.15, 0.2) is 4.34 Å². The lowest BCUT2D eigenvalue weighted by molar-refractivity contribution is -0.120. The van der Waals surface area contributed by atoms with E-state index in [0.717, 1.165) is 15.8 Å². The average Bonchev–Trinajstić information content (AvgIpc) is 3.28. The normalized spacial score (nSPS) is 12.0. The van der Waals surface area contributed by atoms with Crippen LogP contribution in [-0.4, -0.2) is 21.4 Å². The van der Waals surface area contributed by atoms with Crippen LogP contribution in [0.15, 0.2) is 45.4 Å². The molecule has 0 radical (unpaired) electrons. The lowest BCUT2D eigenvalue weighted by Gasteiger charge is -2.08.